The third kappa shape index (κ3) is 3.20. The van der Waals surface area contributed by atoms with Crippen molar-refractivity contribution in [3.05, 3.63) is 24.0 Å². The van der Waals surface area contributed by atoms with Crippen LogP contribution in [0.2, 0.25) is 0 Å². The van der Waals surface area contributed by atoms with Gasteiger partial charge in [-0.1, -0.05) is 6.92 Å². The maximum Gasteiger partial charge on any atom is 0.270 e. The summed E-state index contributed by atoms with van der Waals surface area (Å²) in [4.78, 5) is 18.4. The number of anilines is 1. The minimum absolute atomic E-state index is 0.107. The topological polar surface area (TPSA) is 71.2 Å². The van der Waals surface area contributed by atoms with E-state index in [0.29, 0.717) is 11.4 Å². The quantitative estimate of drug-likeness (QED) is 0.833. The van der Waals surface area contributed by atoms with Crippen LogP contribution in [0.25, 0.3) is 0 Å². The number of nitrogens with one attached hydrogen (secondary N) is 1. The van der Waals surface area contributed by atoms with E-state index in [1.165, 1.54) is 6.20 Å². The van der Waals surface area contributed by atoms with Crippen molar-refractivity contribution in [2.45, 2.75) is 25.8 Å². The lowest BCUT2D eigenvalue weighted by atomic mass is 10.0. The average molecular weight is 248 g/mol. The fourth-order valence-electron chi connectivity index (χ4n) is 2.19. The summed E-state index contributed by atoms with van der Waals surface area (Å²) in [7, 11) is 0. The molecule has 1 amide bonds. The van der Waals surface area contributed by atoms with Crippen molar-refractivity contribution < 1.29 is 4.79 Å². The molecule has 1 aliphatic rings. The van der Waals surface area contributed by atoms with Gasteiger partial charge in [0.25, 0.3) is 5.91 Å². The Morgan fingerprint density at radius 2 is 2.22 bits per heavy atom. The Labute approximate surface area is 107 Å². The summed E-state index contributed by atoms with van der Waals surface area (Å²) in [6, 6.07) is 3.62. The molecule has 1 fully saturated rings. The van der Waals surface area contributed by atoms with Crippen LogP contribution < -0.4 is 11.1 Å². The number of carbonyl (C=O) groups is 1. The van der Waals surface area contributed by atoms with Crippen molar-refractivity contribution in [1.29, 1.82) is 0 Å². The molecule has 0 aromatic carbocycles. The van der Waals surface area contributed by atoms with Gasteiger partial charge in [0.1, 0.15) is 5.69 Å². The number of carbonyl (C=O) groups excluding carboxylic acids is 1. The van der Waals surface area contributed by atoms with Gasteiger partial charge in [-0.25, -0.2) is 4.98 Å². The molecule has 5 heteroatoms. The lowest BCUT2D eigenvalue weighted by Gasteiger charge is -2.31. The molecule has 98 valence electrons. The van der Waals surface area contributed by atoms with Crippen molar-refractivity contribution >= 4 is 11.6 Å². The van der Waals surface area contributed by atoms with Gasteiger partial charge in [-0.2, -0.15) is 0 Å². The lowest BCUT2D eigenvalue weighted by molar-refractivity contribution is 0.0907. The summed E-state index contributed by atoms with van der Waals surface area (Å²) >= 11 is 0. The van der Waals surface area contributed by atoms with Crippen molar-refractivity contribution in [2.24, 2.45) is 0 Å². The number of aromatic nitrogens is 1. The molecule has 1 aromatic rings. The zero-order chi connectivity index (χ0) is 13.0. The van der Waals surface area contributed by atoms with E-state index in [2.05, 4.69) is 22.1 Å². The first-order valence-electron chi connectivity index (χ1n) is 6.43. The SMILES string of the molecule is CCN1CCC(NC(=O)c2ccc(N)cn2)CC1. The van der Waals surface area contributed by atoms with E-state index < -0.39 is 0 Å². The highest BCUT2D eigenvalue weighted by Gasteiger charge is 2.20. The van der Waals surface area contributed by atoms with Crippen LogP contribution in [0.15, 0.2) is 18.3 Å². The standard InChI is InChI=1S/C13H20N4O/c1-2-17-7-5-11(6-8-17)16-13(18)12-4-3-10(14)9-15-12/h3-4,9,11H,2,5-8,14H2,1H3,(H,16,18). The van der Waals surface area contributed by atoms with Crippen molar-refractivity contribution in [2.75, 3.05) is 25.4 Å². The van der Waals surface area contributed by atoms with E-state index >= 15 is 0 Å². The predicted octanol–water partition coefficient (Wildman–Crippen LogP) is 0.878. The molecule has 0 radical (unpaired) electrons. The second-order valence-corrected chi connectivity index (χ2v) is 4.66. The average Bonchev–Trinajstić information content (AvgIpc) is 2.40. The molecule has 0 bridgehead atoms. The molecule has 2 rings (SSSR count). The minimum atomic E-state index is -0.107. The summed E-state index contributed by atoms with van der Waals surface area (Å²) in [6.07, 6.45) is 3.53. The van der Waals surface area contributed by atoms with Gasteiger partial charge < -0.3 is 16.0 Å². The van der Waals surface area contributed by atoms with Crippen LogP contribution in [0, 0.1) is 0 Å². The number of piperidine rings is 1. The molecule has 1 aromatic heterocycles. The number of nitrogens with zero attached hydrogens (tertiary/aromatic N) is 2. The van der Waals surface area contributed by atoms with E-state index in [-0.39, 0.29) is 11.9 Å². The molecule has 0 aliphatic carbocycles. The van der Waals surface area contributed by atoms with Gasteiger partial charge in [0.2, 0.25) is 0 Å². The van der Waals surface area contributed by atoms with Gasteiger partial charge >= 0.3 is 0 Å². The molecule has 3 N–H and O–H groups in total. The van der Waals surface area contributed by atoms with Crippen LogP contribution in [0.3, 0.4) is 0 Å². The van der Waals surface area contributed by atoms with Crippen LogP contribution in [0.5, 0.6) is 0 Å². The normalized spacial score (nSPS) is 17.6. The number of nitrogen functional groups attached to an aromatic ring is 1. The van der Waals surface area contributed by atoms with Gasteiger partial charge in [0.15, 0.2) is 0 Å². The Balaban J connectivity index is 1.86. The van der Waals surface area contributed by atoms with Gasteiger partial charge in [-0.15, -0.1) is 0 Å². The van der Waals surface area contributed by atoms with Crippen LogP contribution in [0.1, 0.15) is 30.3 Å². The predicted molar refractivity (Wildman–Crippen MR) is 71.3 cm³/mol. The molecule has 0 unspecified atom stereocenters. The largest absolute Gasteiger partial charge is 0.397 e. The molecular formula is C13H20N4O. The fourth-order valence-corrected chi connectivity index (χ4v) is 2.19. The maximum absolute atomic E-state index is 11.9. The molecule has 1 aliphatic heterocycles. The molecule has 1 saturated heterocycles. The summed E-state index contributed by atoms with van der Waals surface area (Å²) in [5.41, 5.74) is 6.55. The molecule has 0 atom stereocenters. The first-order chi connectivity index (χ1) is 8.69. The highest BCUT2D eigenvalue weighted by Crippen LogP contribution is 2.10. The molecule has 2 heterocycles. The zero-order valence-electron chi connectivity index (χ0n) is 10.7. The van der Waals surface area contributed by atoms with E-state index in [9.17, 15) is 4.79 Å². The van der Waals surface area contributed by atoms with Crippen LogP contribution >= 0.6 is 0 Å². The minimum Gasteiger partial charge on any atom is -0.397 e. The molecule has 5 nitrogen and oxygen atoms in total. The van der Waals surface area contributed by atoms with Crippen LogP contribution in [0.4, 0.5) is 5.69 Å². The lowest BCUT2D eigenvalue weighted by Crippen LogP contribution is -2.44. The Morgan fingerprint density at radius 3 is 2.78 bits per heavy atom. The summed E-state index contributed by atoms with van der Waals surface area (Å²) in [5, 5.41) is 3.03. The van der Waals surface area contributed by atoms with Gasteiger partial charge in [-0.3, -0.25) is 4.79 Å². The second-order valence-electron chi connectivity index (χ2n) is 4.66. The van der Waals surface area contributed by atoms with E-state index in [1.807, 2.05) is 0 Å². The first-order valence-corrected chi connectivity index (χ1v) is 6.43. The molecule has 0 saturated carbocycles. The molecule has 0 spiro atoms. The van der Waals surface area contributed by atoms with Crippen LogP contribution in [-0.2, 0) is 0 Å². The number of likely N-dealkylation sites (tertiary alicyclic amines) is 1. The number of rotatable bonds is 3. The highest BCUT2D eigenvalue weighted by molar-refractivity contribution is 5.92. The van der Waals surface area contributed by atoms with Crippen LogP contribution in [-0.4, -0.2) is 41.5 Å². The van der Waals surface area contributed by atoms with Gasteiger partial charge in [0.05, 0.1) is 11.9 Å². The highest BCUT2D eigenvalue weighted by atomic mass is 16.1. The van der Waals surface area contributed by atoms with Crippen molar-refractivity contribution in [3.63, 3.8) is 0 Å². The Hall–Kier alpha value is -1.62. The van der Waals surface area contributed by atoms with Gasteiger partial charge in [0, 0.05) is 19.1 Å². The zero-order valence-corrected chi connectivity index (χ0v) is 10.7. The number of pyridine rings is 1. The van der Waals surface area contributed by atoms with Crippen molar-refractivity contribution in [1.82, 2.24) is 15.2 Å². The Bertz CT molecular complexity index is 396. The second kappa shape index (κ2) is 5.82. The fraction of sp³-hybridized carbons (Fsp3) is 0.538. The summed E-state index contributed by atoms with van der Waals surface area (Å²) < 4.78 is 0. The van der Waals surface area contributed by atoms with E-state index in [1.54, 1.807) is 12.1 Å². The number of hydrogen-bond donors (Lipinski definition) is 2. The molecule has 18 heavy (non-hydrogen) atoms. The first kappa shape index (κ1) is 12.8. The monoisotopic (exact) mass is 248 g/mol. The van der Waals surface area contributed by atoms with Crippen molar-refractivity contribution in [3.8, 4) is 0 Å². The number of hydrogen-bond acceptors (Lipinski definition) is 4. The Morgan fingerprint density at radius 1 is 1.50 bits per heavy atom. The van der Waals surface area contributed by atoms with E-state index in [0.717, 1.165) is 32.5 Å². The summed E-state index contributed by atoms with van der Waals surface area (Å²) in [6.45, 7) is 5.35. The van der Waals surface area contributed by atoms with E-state index in [4.69, 9.17) is 5.73 Å². The number of nitrogens with two attached hydrogens (primary N) is 1. The smallest absolute Gasteiger partial charge is 0.270 e. The third-order valence-corrected chi connectivity index (χ3v) is 3.39. The number of amides is 1. The Kier molecular flexibility index (Phi) is 4.15. The maximum atomic E-state index is 11.9. The summed E-state index contributed by atoms with van der Waals surface area (Å²) in [5.74, 6) is -0.107. The molecular weight excluding hydrogens is 228 g/mol. The third-order valence-electron chi connectivity index (χ3n) is 3.39. The van der Waals surface area contributed by atoms with Gasteiger partial charge in [-0.05, 0) is 31.5 Å².